The zero-order valence-corrected chi connectivity index (χ0v) is 17.0. The van der Waals surface area contributed by atoms with E-state index in [-0.39, 0.29) is 23.5 Å². The normalized spacial score (nSPS) is 15.1. The first-order chi connectivity index (χ1) is 13.9. The first-order valence-electron chi connectivity index (χ1n) is 9.52. The lowest BCUT2D eigenvalue weighted by molar-refractivity contribution is -0.384. The van der Waals surface area contributed by atoms with E-state index in [1.807, 2.05) is 16.8 Å². The quantitative estimate of drug-likeness (QED) is 0.533. The third-order valence-electron chi connectivity index (χ3n) is 5.07. The second-order valence-corrected chi connectivity index (χ2v) is 7.94. The van der Waals surface area contributed by atoms with Crippen LogP contribution in [0.15, 0.2) is 35.0 Å². The summed E-state index contributed by atoms with van der Waals surface area (Å²) < 4.78 is 0. The Kier molecular flexibility index (Phi) is 6.95. The molecule has 2 N–H and O–H groups in total. The number of nitro groups is 1. The molecule has 2 amide bonds. The molecule has 0 spiro atoms. The molecule has 1 saturated heterocycles. The molecular formula is C20H24N4O4S. The number of carbonyl (C=O) groups is 2. The Morgan fingerprint density at radius 2 is 2.03 bits per heavy atom. The summed E-state index contributed by atoms with van der Waals surface area (Å²) in [6, 6.07) is 6.40. The van der Waals surface area contributed by atoms with Crippen molar-refractivity contribution in [2.75, 3.05) is 25.0 Å². The summed E-state index contributed by atoms with van der Waals surface area (Å²) in [6.07, 6.45) is 2.01. The van der Waals surface area contributed by atoms with Gasteiger partial charge in [0.25, 0.3) is 11.6 Å². The van der Waals surface area contributed by atoms with Gasteiger partial charge >= 0.3 is 0 Å². The van der Waals surface area contributed by atoms with Crippen molar-refractivity contribution in [1.82, 2.24) is 10.2 Å². The number of anilines is 1. The van der Waals surface area contributed by atoms with Crippen molar-refractivity contribution >= 4 is 34.5 Å². The molecule has 29 heavy (non-hydrogen) atoms. The number of thiophene rings is 1. The second kappa shape index (κ2) is 9.62. The molecule has 0 radical (unpaired) electrons. The number of likely N-dealkylation sites (tertiary alicyclic amines) is 1. The summed E-state index contributed by atoms with van der Waals surface area (Å²) in [5, 5.41) is 20.5. The van der Waals surface area contributed by atoms with Gasteiger partial charge in [-0.2, -0.15) is 11.3 Å². The van der Waals surface area contributed by atoms with E-state index in [4.69, 9.17) is 0 Å². The van der Waals surface area contributed by atoms with Gasteiger partial charge in [-0.3, -0.25) is 19.7 Å². The summed E-state index contributed by atoms with van der Waals surface area (Å²) in [5.74, 6) is -0.196. The number of aryl methyl sites for hydroxylation is 1. The number of hydrogen-bond donors (Lipinski definition) is 2. The Bertz CT molecular complexity index is 877. The molecule has 9 heteroatoms. The highest BCUT2D eigenvalue weighted by atomic mass is 32.1. The van der Waals surface area contributed by atoms with Crippen LogP contribution in [0.25, 0.3) is 0 Å². The van der Waals surface area contributed by atoms with E-state index < -0.39 is 4.92 Å². The van der Waals surface area contributed by atoms with Gasteiger partial charge < -0.3 is 15.5 Å². The number of benzene rings is 1. The largest absolute Gasteiger partial charge is 0.349 e. The van der Waals surface area contributed by atoms with Crippen LogP contribution in [-0.2, 0) is 4.79 Å². The zero-order chi connectivity index (χ0) is 20.8. The van der Waals surface area contributed by atoms with Crippen LogP contribution in [0.2, 0.25) is 0 Å². The molecular weight excluding hydrogens is 392 g/mol. The van der Waals surface area contributed by atoms with Gasteiger partial charge in [-0.05, 0) is 36.8 Å². The maximum Gasteiger partial charge on any atom is 0.271 e. The van der Waals surface area contributed by atoms with Crippen LogP contribution >= 0.6 is 11.3 Å². The van der Waals surface area contributed by atoms with Crippen molar-refractivity contribution in [1.29, 1.82) is 0 Å². The lowest BCUT2D eigenvalue weighted by Crippen LogP contribution is -2.45. The molecule has 0 unspecified atom stereocenters. The minimum atomic E-state index is -0.476. The van der Waals surface area contributed by atoms with Crippen molar-refractivity contribution < 1.29 is 14.5 Å². The Hall–Kier alpha value is -2.78. The van der Waals surface area contributed by atoms with Gasteiger partial charge in [0.15, 0.2) is 0 Å². The van der Waals surface area contributed by atoms with E-state index in [1.54, 1.807) is 13.0 Å². The van der Waals surface area contributed by atoms with Crippen molar-refractivity contribution in [2.45, 2.75) is 32.2 Å². The van der Waals surface area contributed by atoms with E-state index in [0.29, 0.717) is 24.2 Å². The molecule has 8 nitrogen and oxygen atoms in total. The first kappa shape index (κ1) is 20.9. The molecule has 3 rings (SSSR count). The molecule has 1 aromatic carbocycles. The highest BCUT2D eigenvalue weighted by molar-refractivity contribution is 7.08. The summed E-state index contributed by atoms with van der Waals surface area (Å²) in [7, 11) is 0. The zero-order valence-electron chi connectivity index (χ0n) is 16.2. The summed E-state index contributed by atoms with van der Waals surface area (Å²) in [5.41, 5.74) is 1.91. The third kappa shape index (κ3) is 5.85. The topological polar surface area (TPSA) is 105 Å². The maximum absolute atomic E-state index is 12.3. The van der Waals surface area contributed by atoms with Crippen LogP contribution in [0, 0.1) is 17.0 Å². The fourth-order valence-corrected chi connectivity index (χ4v) is 3.93. The minimum absolute atomic E-state index is 0.0311. The Morgan fingerprint density at radius 3 is 2.69 bits per heavy atom. The highest BCUT2D eigenvalue weighted by Crippen LogP contribution is 2.22. The van der Waals surface area contributed by atoms with Crippen molar-refractivity contribution in [3.05, 3.63) is 56.3 Å². The van der Waals surface area contributed by atoms with Crippen molar-refractivity contribution in [2.24, 2.45) is 0 Å². The molecule has 1 aromatic heterocycles. The fraction of sp³-hybridized carbons (Fsp3) is 0.400. The predicted octanol–water partition coefficient (Wildman–Crippen LogP) is 3.19. The van der Waals surface area contributed by atoms with Crippen molar-refractivity contribution in [3.8, 4) is 0 Å². The van der Waals surface area contributed by atoms with Gasteiger partial charge in [0.05, 0.1) is 10.6 Å². The van der Waals surface area contributed by atoms with Crippen LogP contribution < -0.4 is 10.6 Å². The predicted molar refractivity (Wildman–Crippen MR) is 112 cm³/mol. The number of nitrogens with one attached hydrogen (secondary N) is 2. The number of piperidine rings is 1. The number of nitro benzene ring substituents is 1. The average Bonchev–Trinajstić information content (AvgIpc) is 3.24. The standard InChI is InChI=1S/C20H24N4O4S/c1-14-2-3-17(24(27)28)12-18(14)22-19(25)6-10-23-8-4-16(5-9-23)21-20(26)15-7-11-29-13-15/h2-3,7,11-13,16H,4-6,8-10H2,1H3,(H,21,26)(H,22,25). The lowest BCUT2D eigenvalue weighted by atomic mass is 10.0. The Labute approximate surface area is 173 Å². The van der Waals surface area contributed by atoms with Gasteiger partial charge in [0.2, 0.25) is 5.91 Å². The fourth-order valence-electron chi connectivity index (χ4n) is 3.29. The van der Waals surface area contributed by atoms with Crippen LogP contribution in [0.4, 0.5) is 11.4 Å². The minimum Gasteiger partial charge on any atom is -0.349 e. The number of nitrogens with zero attached hydrogens (tertiary/aromatic N) is 2. The van der Waals surface area contributed by atoms with Gasteiger partial charge in [0.1, 0.15) is 0 Å². The smallest absolute Gasteiger partial charge is 0.271 e. The molecule has 0 saturated carbocycles. The molecule has 2 aromatic rings. The second-order valence-electron chi connectivity index (χ2n) is 7.16. The average molecular weight is 417 g/mol. The number of non-ortho nitro benzene ring substituents is 1. The SMILES string of the molecule is Cc1ccc([N+](=O)[O-])cc1NC(=O)CCN1CCC(NC(=O)c2ccsc2)CC1. The number of rotatable bonds is 7. The number of hydrogen-bond acceptors (Lipinski definition) is 6. The molecule has 1 fully saturated rings. The highest BCUT2D eigenvalue weighted by Gasteiger charge is 2.21. The monoisotopic (exact) mass is 416 g/mol. The first-order valence-corrected chi connectivity index (χ1v) is 10.5. The molecule has 0 bridgehead atoms. The summed E-state index contributed by atoms with van der Waals surface area (Å²) in [4.78, 5) is 37.0. The van der Waals surface area contributed by atoms with Gasteiger partial charge in [-0.25, -0.2) is 0 Å². The number of amides is 2. The van der Waals surface area contributed by atoms with E-state index in [2.05, 4.69) is 15.5 Å². The van der Waals surface area contributed by atoms with Crippen LogP contribution in [0.1, 0.15) is 35.2 Å². The van der Waals surface area contributed by atoms with Crippen LogP contribution in [-0.4, -0.2) is 47.3 Å². The Balaban J connectivity index is 1.41. The molecule has 1 aliphatic heterocycles. The maximum atomic E-state index is 12.3. The third-order valence-corrected chi connectivity index (χ3v) is 5.75. The Morgan fingerprint density at radius 1 is 1.28 bits per heavy atom. The summed E-state index contributed by atoms with van der Waals surface area (Å²) >= 11 is 1.50. The van der Waals surface area contributed by atoms with Crippen molar-refractivity contribution in [3.63, 3.8) is 0 Å². The molecule has 2 heterocycles. The summed E-state index contributed by atoms with van der Waals surface area (Å²) in [6.45, 7) is 4.05. The van der Waals surface area contributed by atoms with Gasteiger partial charge in [-0.15, -0.1) is 0 Å². The van der Waals surface area contributed by atoms with E-state index in [9.17, 15) is 19.7 Å². The number of carbonyl (C=O) groups excluding carboxylic acids is 2. The lowest BCUT2D eigenvalue weighted by Gasteiger charge is -2.32. The molecule has 0 aliphatic carbocycles. The van der Waals surface area contributed by atoms with E-state index in [0.717, 1.165) is 31.5 Å². The molecule has 154 valence electrons. The van der Waals surface area contributed by atoms with Gasteiger partial charge in [0, 0.05) is 55.2 Å². The van der Waals surface area contributed by atoms with Gasteiger partial charge in [-0.1, -0.05) is 6.07 Å². The van der Waals surface area contributed by atoms with E-state index in [1.165, 1.54) is 23.5 Å². The van der Waals surface area contributed by atoms with E-state index >= 15 is 0 Å². The van der Waals surface area contributed by atoms with Crippen LogP contribution in [0.3, 0.4) is 0 Å². The molecule has 1 aliphatic rings. The molecule has 0 atom stereocenters. The van der Waals surface area contributed by atoms with Crippen LogP contribution in [0.5, 0.6) is 0 Å².